The molecule has 1 spiro atoms. The Hall–Kier alpha value is -2.05. The van der Waals surface area contributed by atoms with Gasteiger partial charge >= 0.3 is 0 Å². The Bertz CT molecular complexity index is 1070. The average Bonchev–Trinajstić information content (AvgIpc) is 2.75. The minimum atomic E-state index is -3.52. The molecular weight excluding hydrogens is 420 g/mol. The Kier molecular flexibility index (Phi) is 6.55. The van der Waals surface area contributed by atoms with Gasteiger partial charge in [-0.15, -0.1) is 0 Å². The number of fused-ring (bicyclic) bond motifs is 1. The number of rotatable bonds is 8. The number of nitrogens with one attached hydrogen (secondary N) is 1. The van der Waals surface area contributed by atoms with Gasteiger partial charge in [-0.1, -0.05) is 31.9 Å². The number of anilines is 1. The highest BCUT2D eigenvalue weighted by Crippen LogP contribution is 2.51. The number of hydrogen-bond acceptors (Lipinski definition) is 4. The van der Waals surface area contributed by atoms with E-state index in [1.807, 2.05) is 12.1 Å². The fourth-order valence-electron chi connectivity index (χ4n) is 5.39. The summed E-state index contributed by atoms with van der Waals surface area (Å²) in [5.41, 5.74) is 6.50. The van der Waals surface area contributed by atoms with E-state index in [9.17, 15) is 8.42 Å². The molecule has 0 saturated heterocycles. The van der Waals surface area contributed by atoms with Crippen LogP contribution < -0.4 is 14.4 Å². The SMILES string of the molecule is CCCc1ccc(S(=O)(=O)NCCN2CC3(CCC3)Cc3cc(OC)c(C)c(C)c32)cc1. The molecule has 1 N–H and O–H groups in total. The maximum absolute atomic E-state index is 12.8. The molecule has 1 saturated carbocycles. The first-order valence-electron chi connectivity index (χ1n) is 11.8. The van der Waals surface area contributed by atoms with Gasteiger partial charge in [-0.2, -0.15) is 0 Å². The molecule has 1 aliphatic heterocycles. The van der Waals surface area contributed by atoms with Crippen LogP contribution in [-0.4, -0.2) is 35.2 Å². The van der Waals surface area contributed by atoms with Crippen LogP contribution in [-0.2, 0) is 22.9 Å². The van der Waals surface area contributed by atoms with Crippen molar-refractivity contribution in [2.45, 2.75) is 64.2 Å². The van der Waals surface area contributed by atoms with Gasteiger partial charge in [0.2, 0.25) is 10.0 Å². The molecule has 174 valence electrons. The van der Waals surface area contributed by atoms with Crippen LogP contribution in [0.5, 0.6) is 5.75 Å². The van der Waals surface area contributed by atoms with Gasteiger partial charge in [-0.3, -0.25) is 0 Å². The molecule has 0 amide bonds. The van der Waals surface area contributed by atoms with Crippen LogP contribution >= 0.6 is 0 Å². The van der Waals surface area contributed by atoms with Crippen molar-refractivity contribution in [1.29, 1.82) is 0 Å². The standard InChI is InChI=1S/C26H36N2O3S/c1-5-7-21-8-10-23(11-9-21)32(29,30)27-14-15-28-18-26(12-6-13-26)17-22-16-24(31-4)19(2)20(3)25(22)28/h8-11,16,27H,5-7,12-15,17-18H2,1-4H3. The molecule has 0 atom stereocenters. The van der Waals surface area contributed by atoms with E-state index >= 15 is 0 Å². The number of nitrogens with zero attached hydrogens (tertiary/aromatic N) is 1. The van der Waals surface area contributed by atoms with Crippen molar-refractivity contribution < 1.29 is 13.2 Å². The first-order chi connectivity index (χ1) is 15.3. The van der Waals surface area contributed by atoms with Crippen molar-refractivity contribution in [1.82, 2.24) is 4.72 Å². The van der Waals surface area contributed by atoms with Crippen LogP contribution in [0.2, 0.25) is 0 Å². The number of sulfonamides is 1. The summed E-state index contributed by atoms with van der Waals surface area (Å²) in [7, 11) is -1.78. The summed E-state index contributed by atoms with van der Waals surface area (Å²) in [6.45, 7) is 8.43. The molecule has 1 aliphatic carbocycles. The van der Waals surface area contributed by atoms with Crippen molar-refractivity contribution in [2.75, 3.05) is 31.6 Å². The zero-order valence-electron chi connectivity index (χ0n) is 19.8. The average molecular weight is 457 g/mol. The lowest BCUT2D eigenvalue weighted by atomic mass is 9.63. The minimum absolute atomic E-state index is 0.327. The molecule has 2 aliphatic rings. The van der Waals surface area contributed by atoms with E-state index in [-0.39, 0.29) is 0 Å². The molecule has 2 aromatic carbocycles. The summed E-state index contributed by atoms with van der Waals surface area (Å²) in [4.78, 5) is 2.75. The predicted molar refractivity (Wildman–Crippen MR) is 130 cm³/mol. The Morgan fingerprint density at radius 3 is 2.44 bits per heavy atom. The van der Waals surface area contributed by atoms with Crippen LogP contribution in [0, 0.1) is 19.3 Å². The molecule has 6 heteroatoms. The lowest BCUT2D eigenvalue weighted by molar-refractivity contribution is 0.134. The van der Waals surface area contributed by atoms with E-state index in [1.165, 1.54) is 41.6 Å². The van der Waals surface area contributed by atoms with Gasteiger partial charge in [0.1, 0.15) is 5.75 Å². The molecule has 2 aromatic rings. The lowest BCUT2D eigenvalue weighted by Crippen LogP contribution is -2.49. The minimum Gasteiger partial charge on any atom is -0.496 e. The highest BCUT2D eigenvalue weighted by atomic mass is 32.2. The number of benzene rings is 2. The van der Waals surface area contributed by atoms with Crippen LogP contribution in [0.4, 0.5) is 5.69 Å². The Balaban J connectivity index is 1.51. The topological polar surface area (TPSA) is 58.6 Å². The van der Waals surface area contributed by atoms with Gasteiger partial charge in [0.25, 0.3) is 0 Å². The van der Waals surface area contributed by atoms with E-state index < -0.39 is 10.0 Å². The first-order valence-corrected chi connectivity index (χ1v) is 13.3. The van der Waals surface area contributed by atoms with Crippen molar-refractivity contribution >= 4 is 15.7 Å². The monoisotopic (exact) mass is 456 g/mol. The summed E-state index contributed by atoms with van der Waals surface area (Å²) in [5, 5.41) is 0. The molecule has 1 heterocycles. The van der Waals surface area contributed by atoms with Gasteiger partial charge in [-0.05, 0) is 85.4 Å². The second kappa shape index (κ2) is 9.06. The summed E-state index contributed by atoms with van der Waals surface area (Å²) in [5.74, 6) is 0.949. The second-order valence-corrected chi connectivity index (χ2v) is 11.3. The fraction of sp³-hybridized carbons (Fsp3) is 0.538. The van der Waals surface area contributed by atoms with Gasteiger partial charge in [0, 0.05) is 25.3 Å². The summed E-state index contributed by atoms with van der Waals surface area (Å²) in [6.07, 6.45) is 6.88. The van der Waals surface area contributed by atoms with Crippen molar-refractivity contribution in [3.05, 3.63) is 52.6 Å². The van der Waals surface area contributed by atoms with E-state index in [0.717, 1.165) is 37.1 Å². The molecule has 32 heavy (non-hydrogen) atoms. The summed E-state index contributed by atoms with van der Waals surface area (Å²) >= 11 is 0. The normalized spacial score (nSPS) is 17.2. The summed E-state index contributed by atoms with van der Waals surface area (Å²) < 4.78 is 34.1. The third-order valence-electron chi connectivity index (χ3n) is 7.38. The lowest BCUT2D eigenvalue weighted by Gasteiger charge is -2.51. The molecule has 0 radical (unpaired) electrons. The van der Waals surface area contributed by atoms with E-state index in [0.29, 0.717) is 23.4 Å². The molecule has 0 bridgehead atoms. The van der Waals surface area contributed by atoms with Crippen molar-refractivity contribution in [3.8, 4) is 5.75 Å². The second-order valence-electron chi connectivity index (χ2n) is 9.58. The van der Waals surface area contributed by atoms with Gasteiger partial charge in [0.15, 0.2) is 0 Å². The zero-order chi connectivity index (χ0) is 22.9. The van der Waals surface area contributed by atoms with Crippen LogP contribution in [0.15, 0.2) is 35.2 Å². The third-order valence-corrected chi connectivity index (χ3v) is 8.86. The maximum Gasteiger partial charge on any atom is 0.240 e. The largest absolute Gasteiger partial charge is 0.496 e. The highest BCUT2D eigenvalue weighted by molar-refractivity contribution is 7.89. The molecule has 5 nitrogen and oxygen atoms in total. The van der Waals surface area contributed by atoms with Gasteiger partial charge < -0.3 is 9.64 Å². The quantitative estimate of drug-likeness (QED) is 0.621. The fourth-order valence-corrected chi connectivity index (χ4v) is 6.41. The first kappa shape index (κ1) is 23.1. The van der Waals surface area contributed by atoms with Crippen LogP contribution in [0.3, 0.4) is 0 Å². The number of hydrogen-bond donors (Lipinski definition) is 1. The zero-order valence-corrected chi connectivity index (χ0v) is 20.6. The Morgan fingerprint density at radius 1 is 1.12 bits per heavy atom. The Morgan fingerprint density at radius 2 is 1.84 bits per heavy atom. The highest BCUT2D eigenvalue weighted by Gasteiger charge is 2.43. The number of ether oxygens (including phenoxy) is 1. The van der Waals surface area contributed by atoms with Gasteiger partial charge in [-0.25, -0.2) is 13.1 Å². The van der Waals surface area contributed by atoms with E-state index in [1.54, 1.807) is 19.2 Å². The van der Waals surface area contributed by atoms with Gasteiger partial charge in [0.05, 0.1) is 12.0 Å². The molecule has 0 aromatic heterocycles. The molecule has 0 unspecified atom stereocenters. The van der Waals surface area contributed by atoms with Crippen molar-refractivity contribution in [3.63, 3.8) is 0 Å². The smallest absolute Gasteiger partial charge is 0.240 e. The van der Waals surface area contributed by atoms with Crippen LogP contribution in [0.25, 0.3) is 0 Å². The number of aryl methyl sites for hydroxylation is 1. The molecular formula is C26H36N2O3S. The molecule has 1 fully saturated rings. The maximum atomic E-state index is 12.8. The Labute approximate surface area is 193 Å². The molecule has 4 rings (SSSR count). The van der Waals surface area contributed by atoms with Crippen LogP contribution in [0.1, 0.15) is 54.9 Å². The van der Waals surface area contributed by atoms with Crippen molar-refractivity contribution in [2.24, 2.45) is 5.41 Å². The summed E-state index contributed by atoms with van der Waals surface area (Å²) in [6, 6.07) is 9.46. The third kappa shape index (κ3) is 4.40. The number of methoxy groups -OCH3 is 1. The van der Waals surface area contributed by atoms with E-state index in [4.69, 9.17) is 4.74 Å². The van der Waals surface area contributed by atoms with E-state index in [2.05, 4.69) is 36.5 Å². The predicted octanol–water partition coefficient (Wildman–Crippen LogP) is 4.78.